The van der Waals surface area contributed by atoms with Gasteiger partial charge >= 0.3 is 0 Å². The number of aryl methyl sites for hydroxylation is 2. The summed E-state index contributed by atoms with van der Waals surface area (Å²) >= 11 is 3.56. The summed E-state index contributed by atoms with van der Waals surface area (Å²) in [6.07, 6.45) is 2.87. The molecule has 2 aromatic rings. The maximum absolute atomic E-state index is 6.47. The summed E-state index contributed by atoms with van der Waals surface area (Å²) in [6.45, 7) is 7.27. The lowest BCUT2D eigenvalue weighted by atomic mass is 9.96. The van der Waals surface area contributed by atoms with Gasteiger partial charge in [-0.1, -0.05) is 25.1 Å². The van der Waals surface area contributed by atoms with E-state index in [-0.39, 0.29) is 6.04 Å². The second kappa shape index (κ2) is 5.88. The molecule has 2 rings (SSSR count). The minimum Gasteiger partial charge on any atom is -0.319 e. The molecule has 0 fully saturated rings. The predicted octanol–water partition coefficient (Wildman–Crippen LogP) is 3.72. The first kappa shape index (κ1) is 14.3. The zero-order valence-electron chi connectivity index (χ0n) is 11.7. The zero-order valence-corrected chi connectivity index (χ0v) is 13.2. The highest BCUT2D eigenvalue weighted by molar-refractivity contribution is 9.10. The van der Waals surface area contributed by atoms with Crippen molar-refractivity contribution in [1.82, 2.24) is 9.78 Å². The Balaban J connectivity index is 2.46. The topological polar surface area (TPSA) is 43.8 Å². The zero-order chi connectivity index (χ0) is 14.0. The third-order valence-electron chi connectivity index (χ3n) is 3.54. The lowest BCUT2D eigenvalue weighted by Crippen LogP contribution is -2.19. The van der Waals surface area contributed by atoms with Gasteiger partial charge in [-0.15, -0.1) is 0 Å². The molecule has 0 spiro atoms. The van der Waals surface area contributed by atoms with Crippen molar-refractivity contribution in [3.8, 4) is 0 Å². The molecule has 1 aromatic heterocycles. The summed E-state index contributed by atoms with van der Waals surface area (Å²) in [4.78, 5) is 0. The Hall–Kier alpha value is -1.13. The van der Waals surface area contributed by atoms with E-state index < -0.39 is 0 Å². The van der Waals surface area contributed by atoms with Crippen LogP contribution in [0.5, 0.6) is 0 Å². The van der Waals surface area contributed by atoms with Gasteiger partial charge in [0.25, 0.3) is 0 Å². The van der Waals surface area contributed by atoms with Gasteiger partial charge in [0, 0.05) is 6.54 Å². The first-order chi connectivity index (χ1) is 9.06. The lowest BCUT2D eigenvalue weighted by molar-refractivity contribution is 0.558. The van der Waals surface area contributed by atoms with Gasteiger partial charge in [-0.05, 0) is 52.9 Å². The van der Waals surface area contributed by atoms with Crippen molar-refractivity contribution in [2.75, 3.05) is 0 Å². The summed E-state index contributed by atoms with van der Waals surface area (Å²) in [5.41, 5.74) is 11.2. The highest BCUT2D eigenvalue weighted by Gasteiger charge is 2.19. The number of hydrogen-bond donors (Lipinski definition) is 1. The van der Waals surface area contributed by atoms with Gasteiger partial charge in [0.15, 0.2) is 0 Å². The molecule has 3 nitrogen and oxygen atoms in total. The van der Waals surface area contributed by atoms with E-state index in [2.05, 4.69) is 60.0 Å². The highest BCUT2D eigenvalue weighted by Crippen LogP contribution is 2.29. The SMILES string of the molecule is CCCn1ncc(Br)c1C(N)c1cccc(C)c1C. The van der Waals surface area contributed by atoms with Gasteiger partial charge in [0.1, 0.15) is 0 Å². The fourth-order valence-electron chi connectivity index (χ4n) is 2.33. The van der Waals surface area contributed by atoms with Crippen molar-refractivity contribution in [2.45, 2.75) is 39.8 Å². The Labute approximate surface area is 122 Å². The molecule has 0 aliphatic rings. The molecule has 0 bridgehead atoms. The standard InChI is InChI=1S/C15H20BrN3/c1-4-8-19-15(13(16)9-18-19)14(17)12-7-5-6-10(2)11(12)3/h5-7,9,14H,4,8,17H2,1-3H3. The molecule has 0 aliphatic carbocycles. The summed E-state index contributed by atoms with van der Waals surface area (Å²) in [5.74, 6) is 0. The Kier molecular flexibility index (Phi) is 4.42. The third kappa shape index (κ3) is 2.74. The quantitative estimate of drug-likeness (QED) is 0.932. The normalized spacial score (nSPS) is 12.7. The van der Waals surface area contributed by atoms with Gasteiger partial charge < -0.3 is 5.73 Å². The summed E-state index contributed by atoms with van der Waals surface area (Å²) in [5, 5.41) is 4.39. The molecular formula is C15H20BrN3. The number of hydrogen-bond acceptors (Lipinski definition) is 2. The van der Waals surface area contributed by atoms with E-state index in [1.54, 1.807) is 0 Å². The fraction of sp³-hybridized carbons (Fsp3) is 0.400. The van der Waals surface area contributed by atoms with Crippen LogP contribution < -0.4 is 5.73 Å². The van der Waals surface area contributed by atoms with E-state index in [4.69, 9.17) is 5.73 Å². The minimum absolute atomic E-state index is 0.150. The molecule has 1 heterocycles. The average molecular weight is 322 g/mol. The lowest BCUT2D eigenvalue weighted by Gasteiger charge is -2.18. The first-order valence-electron chi connectivity index (χ1n) is 6.59. The summed E-state index contributed by atoms with van der Waals surface area (Å²) in [6, 6.07) is 6.13. The van der Waals surface area contributed by atoms with Gasteiger partial charge in [-0.25, -0.2) is 0 Å². The van der Waals surface area contributed by atoms with E-state index in [9.17, 15) is 0 Å². The number of benzene rings is 1. The van der Waals surface area contributed by atoms with Crippen molar-refractivity contribution in [2.24, 2.45) is 5.73 Å². The highest BCUT2D eigenvalue weighted by atomic mass is 79.9. The van der Waals surface area contributed by atoms with Gasteiger partial charge in [0.05, 0.1) is 22.4 Å². The second-order valence-corrected chi connectivity index (χ2v) is 5.72. The molecule has 0 aliphatic heterocycles. The van der Waals surface area contributed by atoms with Crippen molar-refractivity contribution in [1.29, 1.82) is 0 Å². The number of aromatic nitrogens is 2. The van der Waals surface area contributed by atoms with Crippen molar-refractivity contribution in [3.05, 3.63) is 51.3 Å². The molecule has 2 N–H and O–H groups in total. The molecule has 0 saturated heterocycles. The fourth-order valence-corrected chi connectivity index (χ4v) is 2.87. The van der Waals surface area contributed by atoms with Crippen molar-refractivity contribution in [3.63, 3.8) is 0 Å². The molecule has 1 atom stereocenters. The van der Waals surface area contributed by atoms with E-state index >= 15 is 0 Å². The van der Waals surface area contributed by atoms with Crippen LogP contribution in [0.2, 0.25) is 0 Å². The molecular weight excluding hydrogens is 302 g/mol. The van der Waals surface area contributed by atoms with Crippen LogP contribution in [0.3, 0.4) is 0 Å². The number of nitrogens with two attached hydrogens (primary N) is 1. The average Bonchev–Trinajstić information content (AvgIpc) is 2.74. The minimum atomic E-state index is -0.150. The van der Waals surface area contributed by atoms with Crippen LogP contribution in [0.15, 0.2) is 28.9 Å². The van der Waals surface area contributed by atoms with Gasteiger partial charge in [-0.3, -0.25) is 4.68 Å². The molecule has 19 heavy (non-hydrogen) atoms. The molecule has 0 saturated carbocycles. The first-order valence-corrected chi connectivity index (χ1v) is 7.38. The van der Waals surface area contributed by atoms with E-state index in [0.29, 0.717) is 0 Å². The molecule has 1 unspecified atom stereocenters. The van der Waals surface area contributed by atoms with Crippen LogP contribution in [0.1, 0.15) is 41.8 Å². The molecule has 1 aromatic carbocycles. The van der Waals surface area contributed by atoms with Crippen LogP contribution in [0, 0.1) is 13.8 Å². The summed E-state index contributed by atoms with van der Waals surface area (Å²) in [7, 11) is 0. The third-order valence-corrected chi connectivity index (χ3v) is 4.16. The number of halogens is 1. The largest absolute Gasteiger partial charge is 0.319 e. The van der Waals surface area contributed by atoms with E-state index in [0.717, 1.165) is 23.1 Å². The van der Waals surface area contributed by atoms with E-state index in [1.807, 2.05) is 10.9 Å². The van der Waals surface area contributed by atoms with E-state index in [1.165, 1.54) is 16.7 Å². The molecule has 4 heteroatoms. The Morgan fingerprint density at radius 3 is 2.79 bits per heavy atom. The smallest absolute Gasteiger partial charge is 0.0739 e. The maximum atomic E-state index is 6.47. The van der Waals surface area contributed by atoms with Crippen LogP contribution in [0.25, 0.3) is 0 Å². The van der Waals surface area contributed by atoms with Crippen LogP contribution in [0.4, 0.5) is 0 Å². The monoisotopic (exact) mass is 321 g/mol. The Morgan fingerprint density at radius 2 is 2.11 bits per heavy atom. The van der Waals surface area contributed by atoms with Crippen molar-refractivity contribution >= 4 is 15.9 Å². The maximum Gasteiger partial charge on any atom is 0.0739 e. The number of rotatable bonds is 4. The predicted molar refractivity (Wildman–Crippen MR) is 82.2 cm³/mol. The van der Waals surface area contributed by atoms with Crippen LogP contribution in [-0.4, -0.2) is 9.78 Å². The van der Waals surface area contributed by atoms with Crippen molar-refractivity contribution < 1.29 is 0 Å². The van der Waals surface area contributed by atoms with Crippen LogP contribution >= 0.6 is 15.9 Å². The number of nitrogens with zero attached hydrogens (tertiary/aromatic N) is 2. The van der Waals surface area contributed by atoms with Gasteiger partial charge in [-0.2, -0.15) is 5.10 Å². The molecule has 0 radical (unpaired) electrons. The molecule has 102 valence electrons. The van der Waals surface area contributed by atoms with Gasteiger partial charge in [0.2, 0.25) is 0 Å². The Bertz CT molecular complexity index is 575. The summed E-state index contributed by atoms with van der Waals surface area (Å²) < 4.78 is 2.98. The Morgan fingerprint density at radius 1 is 1.37 bits per heavy atom. The second-order valence-electron chi connectivity index (χ2n) is 4.87. The molecule has 0 amide bonds. The van der Waals surface area contributed by atoms with Crippen LogP contribution in [-0.2, 0) is 6.54 Å².